The number of nitrogens with one attached hydrogen (secondary N) is 1. The quantitative estimate of drug-likeness (QED) is 0.675. The second kappa shape index (κ2) is 5.32. The standard InChI is InChI=1S/C10H20N2O2/c1-3-9(11)10(13)12-7-5-8(6-7)14-4-2/h7-9H,3-6,11H2,1-2H3,(H,12,13)/t7?,8?,9-/m1/s1. The zero-order valence-corrected chi connectivity index (χ0v) is 8.95. The molecule has 4 nitrogen and oxygen atoms in total. The fourth-order valence-corrected chi connectivity index (χ4v) is 1.55. The second-order valence-corrected chi connectivity index (χ2v) is 3.77. The molecule has 1 amide bonds. The van der Waals surface area contributed by atoms with Crippen LogP contribution < -0.4 is 11.1 Å². The van der Waals surface area contributed by atoms with Gasteiger partial charge in [-0.3, -0.25) is 4.79 Å². The molecule has 0 radical (unpaired) electrons. The molecule has 0 unspecified atom stereocenters. The third-order valence-electron chi connectivity index (χ3n) is 2.62. The van der Waals surface area contributed by atoms with Gasteiger partial charge in [0.2, 0.25) is 5.91 Å². The molecule has 0 aliphatic heterocycles. The first-order chi connectivity index (χ1) is 6.67. The van der Waals surface area contributed by atoms with Gasteiger partial charge < -0.3 is 15.8 Å². The van der Waals surface area contributed by atoms with Crippen LogP contribution in [0.2, 0.25) is 0 Å². The first-order valence-electron chi connectivity index (χ1n) is 5.34. The number of rotatable bonds is 5. The summed E-state index contributed by atoms with van der Waals surface area (Å²) in [4.78, 5) is 11.4. The number of hydrogen-bond acceptors (Lipinski definition) is 3. The molecule has 1 atom stereocenters. The number of hydrogen-bond donors (Lipinski definition) is 2. The van der Waals surface area contributed by atoms with Crippen molar-refractivity contribution in [1.82, 2.24) is 5.32 Å². The highest BCUT2D eigenvalue weighted by Gasteiger charge is 2.31. The van der Waals surface area contributed by atoms with Crippen molar-refractivity contribution >= 4 is 5.91 Å². The van der Waals surface area contributed by atoms with E-state index in [9.17, 15) is 4.79 Å². The number of carbonyl (C=O) groups excluding carboxylic acids is 1. The van der Waals surface area contributed by atoms with Crippen molar-refractivity contribution in [3.05, 3.63) is 0 Å². The minimum Gasteiger partial charge on any atom is -0.378 e. The molecule has 4 heteroatoms. The highest BCUT2D eigenvalue weighted by molar-refractivity contribution is 5.81. The van der Waals surface area contributed by atoms with Crippen LogP contribution in [0.1, 0.15) is 33.1 Å². The molecule has 0 aromatic carbocycles. The molecule has 1 rings (SSSR count). The van der Waals surface area contributed by atoms with Crippen LogP contribution in [0.5, 0.6) is 0 Å². The highest BCUT2D eigenvalue weighted by atomic mass is 16.5. The molecule has 0 bridgehead atoms. The number of carbonyl (C=O) groups is 1. The Morgan fingerprint density at radius 1 is 1.57 bits per heavy atom. The maximum absolute atomic E-state index is 11.4. The largest absolute Gasteiger partial charge is 0.378 e. The summed E-state index contributed by atoms with van der Waals surface area (Å²) in [5.41, 5.74) is 5.59. The summed E-state index contributed by atoms with van der Waals surface area (Å²) in [5.74, 6) is -0.0348. The van der Waals surface area contributed by atoms with E-state index in [1.807, 2.05) is 13.8 Å². The van der Waals surface area contributed by atoms with E-state index in [1.165, 1.54) is 0 Å². The van der Waals surface area contributed by atoms with E-state index in [0.29, 0.717) is 12.5 Å². The van der Waals surface area contributed by atoms with Gasteiger partial charge >= 0.3 is 0 Å². The molecule has 3 N–H and O–H groups in total. The van der Waals surface area contributed by atoms with Crippen molar-refractivity contribution in [3.63, 3.8) is 0 Å². The van der Waals surface area contributed by atoms with Gasteiger partial charge in [0.15, 0.2) is 0 Å². The van der Waals surface area contributed by atoms with Gasteiger partial charge in [0.25, 0.3) is 0 Å². The summed E-state index contributed by atoms with van der Waals surface area (Å²) in [6.45, 7) is 4.65. The SMILES string of the molecule is CCOC1CC(NC(=O)[C@H](N)CC)C1. The van der Waals surface area contributed by atoms with Gasteiger partial charge in [-0.05, 0) is 26.2 Å². The van der Waals surface area contributed by atoms with Crippen molar-refractivity contribution in [2.75, 3.05) is 6.61 Å². The number of ether oxygens (including phenoxy) is 1. The lowest BCUT2D eigenvalue weighted by atomic mass is 9.89. The summed E-state index contributed by atoms with van der Waals surface area (Å²) in [5, 5.41) is 2.91. The zero-order valence-electron chi connectivity index (χ0n) is 8.95. The molecule has 1 aliphatic carbocycles. The molecule has 1 aliphatic rings. The Morgan fingerprint density at radius 2 is 2.21 bits per heavy atom. The molecule has 0 saturated heterocycles. The number of nitrogens with two attached hydrogens (primary N) is 1. The van der Waals surface area contributed by atoms with Crippen molar-refractivity contribution < 1.29 is 9.53 Å². The van der Waals surface area contributed by atoms with E-state index >= 15 is 0 Å². The van der Waals surface area contributed by atoms with E-state index < -0.39 is 0 Å². The van der Waals surface area contributed by atoms with Crippen LogP contribution in [0.25, 0.3) is 0 Å². The van der Waals surface area contributed by atoms with Gasteiger partial charge in [0, 0.05) is 12.6 Å². The molecule has 0 aromatic rings. The Labute approximate surface area is 85.2 Å². The first-order valence-corrected chi connectivity index (χ1v) is 5.34. The third kappa shape index (κ3) is 2.96. The van der Waals surface area contributed by atoms with Gasteiger partial charge in [0.05, 0.1) is 12.1 Å². The molecule has 0 aromatic heterocycles. The monoisotopic (exact) mass is 200 g/mol. The van der Waals surface area contributed by atoms with Crippen LogP contribution >= 0.6 is 0 Å². The second-order valence-electron chi connectivity index (χ2n) is 3.77. The Bertz CT molecular complexity index is 191. The highest BCUT2D eigenvalue weighted by Crippen LogP contribution is 2.23. The Balaban J connectivity index is 2.13. The van der Waals surface area contributed by atoms with Crippen molar-refractivity contribution in [1.29, 1.82) is 0 Å². The molecule has 0 spiro atoms. The van der Waals surface area contributed by atoms with Crippen LogP contribution in [0, 0.1) is 0 Å². The van der Waals surface area contributed by atoms with Gasteiger partial charge in [-0.15, -0.1) is 0 Å². The predicted octanol–water partition coefficient (Wildman–Crippen LogP) is 0.407. The van der Waals surface area contributed by atoms with E-state index in [-0.39, 0.29) is 18.0 Å². The minimum absolute atomic E-state index is 0.0348. The Morgan fingerprint density at radius 3 is 2.71 bits per heavy atom. The van der Waals surface area contributed by atoms with Gasteiger partial charge in [-0.2, -0.15) is 0 Å². The van der Waals surface area contributed by atoms with Crippen LogP contribution in [-0.4, -0.2) is 30.7 Å². The average Bonchev–Trinajstić information content (AvgIpc) is 2.13. The molecule has 14 heavy (non-hydrogen) atoms. The van der Waals surface area contributed by atoms with Gasteiger partial charge in [0.1, 0.15) is 0 Å². The normalized spacial score (nSPS) is 27.9. The van der Waals surface area contributed by atoms with Crippen molar-refractivity contribution in [2.24, 2.45) is 5.73 Å². The minimum atomic E-state index is -0.360. The van der Waals surface area contributed by atoms with Crippen LogP contribution in [0.3, 0.4) is 0 Å². The summed E-state index contributed by atoms with van der Waals surface area (Å²) >= 11 is 0. The fourth-order valence-electron chi connectivity index (χ4n) is 1.55. The predicted molar refractivity (Wildman–Crippen MR) is 54.8 cm³/mol. The molecule has 1 fully saturated rings. The fraction of sp³-hybridized carbons (Fsp3) is 0.900. The lowest BCUT2D eigenvalue weighted by molar-refractivity contribution is -0.125. The smallest absolute Gasteiger partial charge is 0.237 e. The maximum atomic E-state index is 11.4. The third-order valence-corrected chi connectivity index (χ3v) is 2.62. The molecular weight excluding hydrogens is 180 g/mol. The first kappa shape index (κ1) is 11.5. The van der Waals surface area contributed by atoms with Gasteiger partial charge in [-0.1, -0.05) is 6.92 Å². The molecule has 1 saturated carbocycles. The van der Waals surface area contributed by atoms with Crippen molar-refractivity contribution in [2.45, 2.75) is 51.3 Å². The lowest BCUT2D eigenvalue weighted by Gasteiger charge is -2.35. The summed E-state index contributed by atoms with van der Waals surface area (Å²) in [6, 6.07) is -0.0854. The Kier molecular flexibility index (Phi) is 4.35. The topological polar surface area (TPSA) is 64.3 Å². The van der Waals surface area contributed by atoms with E-state index in [4.69, 9.17) is 10.5 Å². The van der Waals surface area contributed by atoms with E-state index in [2.05, 4.69) is 5.32 Å². The maximum Gasteiger partial charge on any atom is 0.237 e. The van der Waals surface area contributed by atoms with Crippen LogP contribution in [0.15, 0.2) is 0 Å². The van der Waals surface area contributed by atoms with Crippen LogP contribution in [-0.2, 0) is 9.53 Å². The summed E-state index contributed by atoms with van der Waals surface area (Å²) in [7, 11) is 0. The molecular formula is C10H20N2O2. The average molecular weight is 200 g/mol. The summed E-state index contributed by atoms with van der Waals surface area (Å²) < 4.78 is 5.39. The van der Waals surface area contributed by atoms with E-state index in [0.717, 1.165) is 19.4 Å². The summed E-state index contributed by atoms with van der Waals surface area (Å²) in [6.07, 6.45) is 2.88. The Hall–Kier alpha value is -0.610. The van der Waals surface area contributed by atoms with Gasteiger partial charge in [-0.25, -0.2) is 0 Å². The van der Waals surface area contributed by atoms with Crippen molar-refractivity contribution in [3.8, 4) is 0 Å². The molecule has 82 valence electrons. The zero-order chi connectivity index (χ0) is 10.6. The number of amides is 1. The van der Waals surface area contributed by atoms with E-state index in [1.54, 1.807) is 0 Å². The molecule has 0 heterocycles. The lowest BCUT2D eigenvalue weighted by Crippen LogP contribution is -2.52. The van der Waals surface area contributed by atoms with Crippen LogP contribution in [0.4, 0.5) is 0 Å².